The third kappa shape index (κ3) is 5.72. The fraction of sp³-hybridized carbons (Fsp3) is 0.409. The normalized spacial score (nSPS) is 14.7. The monoisotopic (exact) mass is 526 g/mol. The van der Waals surface area contributed by atoms with Gasteiger partial charge in [0.05, 0.1) is 18.0 Å². The van der Waals surface area contributed by atoms with Crippen LogP contribution in [-0.4, -0.2) is 27.1 Å². The molecule has 156 valence electrons. The lowest BCUT2D eigenvalue weighted by Crippen LogP contribution is -2.41. The highest BCUT2D eigenvalue weighted by Crippen LogP contribution is 2.26. The Morgan fingerprint density at radius 1 is 1.10 bits per heavy atom. The van der Waals surface area contributed by atoms with Crippen LogP contribution < -0.4 is 9.62 Å². The van der Waals surface area contributed by atoms with Crippen LogP contribution in [0.5, 0.6) is 0 Å². The zero-order valence-electron chi connectivity index (χ0n) is 16.8. The van der Waals surface area contributed by atoms with E-state index in [-0.39, 0.29) is 18.5 Å². The molecule has 2 aromatic rings. The fourth-order valence-electron chi connectivity index (χ4n) is 3.77. The highest BCUT2D eigenvalue weighted by atomic mass is 127. The molecule has 1 aliphatic rings. The smallest absolute Gasteiger partial charge is 0.241 e. The number of carbonyl (C=O) groups excluding carboxylic acids is 1. The minimum Gasteiger partial charge on any atom is -0.348 e. The van der Waals surface area contributed by atoms with Crippen molar-refractivity contribution in [3.63, 3.8) is 0 Å². The predicted molar refractivity (Wildman–Crippen MR) is 126 cm³/mol. The zero-order valence-corrected chi connectivity index (χ0v) is 19.8. The van der Waals surface area contributed by atoms with Gasteiger partial charge in [-0.05, 0) is 95.7 Å². The highest BCUT2D eigenvalue weighted by Gasteiger charge is 2.23. The summed E-state index contributed by atoms with van der Waals surface area (Å²) in [5.74, 6) is -0.307. The van der Waals surface area contributed by atoms with Gasteiger partial charge in [-0.15, -0.1) is 0 Å². The SMILES string of the molecule is CC[C@@H](NC(=O)CN(c1ccc(I)cc1)S(C)(=O)=O)c1ccc2c(c1)CCCC2. The first kappa shape index (κ1) is 22.1. The molecule has 0 heterocycles. The predicted octanol–water partition coefficient (Wildman–Crippen LogP) is 4.20. The minimum atomic E-state index is -3.58. The molecule has 0 spiro atoms. The molecule has 7 heteroatoms. The number of nitrogens with one attached hydrogen (secondary N) is 1. The number of hydrogen-bond acceptors (Lipinski definition) is 3. The van der Waals surface area contributed by atoms with E-state index >= 15 is 0 Å². The fourth-order valence-corrected chi connectivity index (χ4v) is 4.99. The van der Waals surface area contributed by atoms with E-state index in [4.69, 9.17) is 0 Å². The number of rotatable bonds is 7. The summed E-state index contributed by atoms with van der Waals surface area (Å²) in [4.78, 5) is 12.8. The second kappa shape index (κ2) is 9.47. The molecule has 1 N–H and O–H groups in total. The number of benzene rings is 2. The number of amides is 1. The molecular weight excluding hydrogens is 499 g/mol. The average Bonchev–Trinajstić information content (AvgIpc) is 2.70. The lowest BCUT2D eigenvalue weighted by atomic mass is 9.89. The third-order valence-corrected chi connectivity index (χ3v) is 7.18. The maximum atomic E-state index is 12.8. The summed E-state index contributed by atoms with van der Waals surface area (Å²) >= 11 is 2.16. The second-order valence-corrected chi connectivity index (χ2v) is 10.7. The summed E-state index contributed by atoms with van der Waals surface area (Å²) in [6.07, 6.45) is 6.52. The average molecular weight is 526 g/mol. The summed E-state index contributed by atoms with van der Waals surface area (Å²) in [5.41, 5.74) is 4.35. The van der Waals surface area contributed by atoms with Crippen LogP contribution in [0, 0.1) is 3.57 Å². The number of fused-ring (bicyclic) bond motifs is 1. The van der Waals surface area contributed by atoms with Gasteiger partial charge in [0, 0.05) is 3.57 Å². The molecular formula is C22H27IN2O3S. The second-order valence-electron chi connectivity index (χ2n) is 7.51. The number of carbonyl (C=O) groups is 1. The van der Waals surface area contributed by atoms with Gasteiger partial charge < -0.3 is 5.32 Å². The molecule has 0 saturated carbocycles. The van der Waals surface area contributed by atoms with E-state index in [9.17, 15) is 13.2 Å². The van der Waals surface area contributed by atoms with Gasteiger partial charge >= 0.3 is 0 Å². The topological polar surface area (TPSA) is 66.5 Å². The Kier molecular flexibility index (Phi) is 7.21. The molecule has 0 unspecified atom stereocenters. The van der Waals surface area contributed by atoms with Crippen LogP contribution in [-0.2, 0) is 27.7 Å². The summed E-state index contributed by atoms with van der Waals surface area (Å²) < 4.78 is 26.7. The molecule has 5 nitrogen and oxygen atoms in total. The van der Waals surface area contributed by atoms with Crippen molar-refractivity contribution in [3.8, 4) is 0 Å². The summed E-state index contributed by atoms with van der Waals surface area (Å²) in [7, 11) is -3.58. The Labute approximate surface area is 187 Å². The van der Waals surface area contributed by atoms with Crippen LogP contribution in [0.25, 0.3) is 0 Å². The zero-order chi connectivity index (χ0) is 21.0. The van der Waals surface area contributed by atoms with Crippen LogP contribution in [0.2, 0.25) is 0 Å². The van der Waals surface area contributed by atoms with Crippen molar-refractivity contribution >= 4 is 44.2 Å². The van der Waals surface area contributed by atoms with Crippen molar-refractivity contribution < 1.29 is 13.2 Å². The van der Waals surface area contributed by atoms with Gasteiger partial charge in [-0.2, -0.15) is 0 Å². The first-order chi connectivity index (χ1) is 13.8. The van der Waals surface area contributed by atoms with Crippen molar-refractivity contribution in [2.45, 2.75) is 45.1 Å². The lowest BCUT2D eigenvalue weighted by molar-refractivity contribution is -0.120. The quantitative estimate of drug-likeness (QED) is 0.550. The first-order valence-electron chi connectivity index (χ1n) is 9.92. The molecule has 1 amide bonds. The largest absolute Gasteiger partial charge is 0.348 e. The Bertz CT molecular complexity index is 974. The molecule has 0 fully saturated rings. The maximum absolute atomic E-state index is 12.8. The number of aryl methyl sites for hydroxylation is 2. The van der Waals surface area contributed by atoms with E-state index in [0.717, 1.165) is 39.0 Å². The van der Waals surface area contributed by atoms with Crippen molar-refractivity contribution in [3.05, 3.63) is 62.7 Å². The molecule has 0 aliphatic heterocycles. The molecule has 0 aromatic heterocycles. The van der Waals surface area contributed by atoms with E-state index in [0.29, 0.717) is 5.69 Å². The Balaban J connectivity index is 1.75. The van der Waals surface area contributed by atoms with Gasteiger partial charge in [0.2, 0.25) is 15.9 Å². The number of hydrogen-bond donors (Lipinski definition) is 1. The van der Waals surface area contributed by atoms with E-state index in [1.54, 1.807) is 12.1 Å². The number of halogens is 1. The van der Waals surface area contributed by atoms with Gasteiger partial charge in [-0.3, -0.25) is 9.10 Å². The van der Waals surface area contributed by atoms with Crippen LogP contribution in [0.3, 0.4) is 0 Å². The van der Waals surface area contributed by atoms with Crippen molar-refractivity contribution in [1.82, 2.24) is 5.32 Å². The minimum absolute atomic E-state index is 0.132. The molecule has 0 bridgehead atoms. The first-order valence-corrected chi connectivity index (χ1v) is 12.8. The van der Waals surface area contributed by atoms with E-state index < -0.39 is 10.0 Å². The Hall–Kier alpha value is -1.61. The van der Waals surface area contributed by atoms with Crippen LogP contribution in [0.15, 0.2) is 42.5 Å². The molecule has 3 rings (SSSR count). The molecule has 0 radical (unpaired) electrons. The number of nitrogens with zero attached hydrogens (tertiary/aromatic N) is 1. The molecule has 1 atom stereocenters. The highest BCUT2D eigenvalue weighted by molar-refractivity contribution is 14.1. The summed E-state index contributed by atoms with van der Waals surface area (Å²) in [6, 6.07) is 13.4. The number of anilines is 1. The number of sulfonamides is 1. The van der Waals surface area contributed by atoms with Crippen LogP contribution in [0.1, 0.15) is 48.9 Å². The van der Waals surface area contributed by atoms with Gasteiger partial charge in [0.1, 0.15) is 6.54 Å². The molecule has 29 heavy (non-hydrogen) atoms. The third-order valence-electron chi connectivity index (χ3n) is 5.32. The standard InChI is InChI=1S/C22H27IN2O3S/c1-3-21(18-9-8-16-6-4-5-7-17(16)14-18)24-22(26)15-25(29(2,27)28)20-12-10-19(23)11-13-20/h8-14,21H,3-7,15H2,1-2H3,(H,24,26)/t21-/m1/s1. The summed E-state index contributed by atoms with van der Waals surface area (Å²) in [6.45, 7) is 1.79. The Morgan fingerprint density at radius 2 is 1.76 bits per heavy atom. The van der Waals surface area contributed by atoms with E-state index in [1.807, 2.05) is 19.1 Å². The lowest BCUT2D eigenvalue weighted by Gasteiger charge is -2.25. The van der Waals surface area contributed by atoms with Crippen LogP contribution >= 0.6 is 22.6 Å². The van der Waals surface area contributed by atoms with Gasteiger partial charge in [-0.1, -0.05) is 25.1 Å². The molecule has 0 saturated heterocycles. The van der Waals surface area contributed by atoms with E-state index in [2.05, 4.69) is 46.1 Å². The maximum Gasteiger partial charge on any atom is 0.241 e. The van der Waals surface area contributed by atoms with Crippen molar-refractivity contribution in [1.29, 1.82) is 0 Å². The molecule has 2 aromatic carbocycles. The summed E-state index contributed by atoms with van der Waals surface area (Å²) in [5, 5.41) is 3.03. The molecule has 1 aliphatic carbocycles. The van der Waals surface area contributed by atoms with Crippen LogP contribution in [0.4, 0.5) is 5.69 Å². The van der Waals surface area contributed by atoms with Gasteiger partial charge in [0.15, 0.2) is 0 Å². The van der Waals surface area contributed by atoms with Crippen molar-refractivity contribution in [2.75, 3.05) is 17.1 Å². The van der Waals surface area contributed by atoms with Gasteiger partial charge in [-0.25, -0.2) is 8.42 Å². The van der Waals surface area contributed by atoms with Crippen molar-refractivity contribution in [2.24, 2.45) is 0 Å². The van der Waals surface area contributed by atoms with Gasteiger partial charge in [0.25, 0.3) is 0 Å². The van der Waals surface area contributed by atoms with E-state index in [1.165, 1.54) is 24.0 Å². The Morgan fingerprint density at radius 3 is 2.38 bits per heavy atom.